The van der Waals surface area contributed by atoms with E-state index in [0.29, 0.717) is 30.4 Å². The van der Waals surface area contributed by atoms with Gasteiger partial charge in [-0.3, -0.25) is 14.5 Å². The number of likely N-dealkylation sites (N-methyl/N-ethyl adjacent to an activating group) is 1. The van der Waals surface area contributed by atoms with E-state index in [0.717, 1.165) is 64.2 Å². The minimum atomic E-state index is -1.17. The van der Waals surface area contributed by atoms with Crippen molar-refractivity contribution in [3.05, 3.63) is 89.2 Å². The molecular weight excluding hydrogens is 763 g/mol. The number of rotatable bonds is 13. The number of imidazole rings is 2. The van der Waals surface area contributed by atoms with E-state index in [-0.39, 0.29) is 30.3 Å². The first kappa shape index (κ1) is 40.1. The fourth-order valence-electron chi connectivity index (χ4n) is 7.75. The lowest BCUT2D eigenvalue weighted by atomic mass is 10.0. The lowest BCUT2D eigenvalue weighted by Crippen LogP contribution is -2.54. The SMILES string of the molecule is COC(=O)N[C@H](C(=O)N1CCC[C@H]1c1ncc(-c2ccc(-c3ccc(-c4cnc([C@@H]5CCCN5C(=O)[C@H](Cc5cscn5)N(C)C(=O)O)[nH]4)cc3)cc2)[nH]1)[C@@H](C)OC. The fraction of sp³-hybridized carbons (Fsp3) is 0.390. The highest BCUT2D eigenvalue weighted by molar-refractivity contribution is 7.07. The number of hydrogen-bond donors (Lipinski definition) is 4. The number of aromatic nitrogens is 5. The maximum atomic E-state index is 13.8. The minimum absolute atomic E-state index is 0.204. The summed E-state index contributed by atoms with van der Waals surface area (Å²) in [6.07, 6.45) is 4.37. The van der Waals surface area contributed by atoms with E-state index in [4.69, 9.17) is 9.47 Å². The maximum absolute atomic E-state index is 13.8. The molecule has 0 saturated carbocycles. The van der Waals surface area contributed by atoms with Crippen LogP contribution in [-0.4, -0.2) is 121 Å². The Morgan fingerprint density at radius 1 is 0.845 bits per heavy atom. The largest absolute Gasteiger partial charge is 0.465 e. The molecule has 5 aromatic rings. The van der Waals surface area contributed by atoms with Crippen molar-refractivity contribution in [1.82, 2.24) is 44.9 Å². The van der Waals surface area contributed by atoms with E-state index < -0.39 is 30.4 Å². The third kappa shape index (κ3) is 8.45. The van der Waals surface area contributed by atoms with Gasteiger partial charge in [0.15, 0.2) is 0 Å². The van der Waals surface area contributed by atoms with E-state index >= 15 is 0 Å². The molecule has 0 unspecified atom stereocenters. The average molecular weight is 810 g/mol. The third-order valence-corrected chi connectivity index (χ3v) is 11.8. The normalized spacial score (nSPS) is 18.1. The Hall–Kier alpha value is -6.07. The van der Waals surface area contributed by atoms with E-state index in [2.05, 4.69) is 42.4 Å². The second-order valence-electron chi connectivity index (χ2n) is 14.5. The first-order valence-corrected chi connectivity index (χ1v) is 20.1. The van der Waals surface area contributed by atoms with Crippen LogP contribution in [0.1, 0.15) is 62.0 Å². The number of alkyl carbamates (subject to hydrolysis) is 1. The number of carbonyl (C=O) groups excluding carboxylic acids is 3. The zero-order valence-electron chi connectivity index (χ0n) is 32.8. The van der Waals surface area contributed by atoms with Crippen LogP contribution in [0.4, 0.5) is 9.59 Å². The van der Waals surface area contributed by atoms with Crippen molar-refractivity contribution in [1.29, 1.82) is 0 Å². The Morgan fingerprint density at radius 3 is 1.83 bits per heavy atom. The van der Waals surface area contributed by atoms with Gasteiger partial charge in [0.25, 0.3) is 0 Å². The molecule has 5 atom stereocenters. The number of H-pyrrole nitrogens is 2. The number of thiazole rings is 1. The molecule has 0 bridgehead atoms. The first-order valence-electron chi connectivity index (χ1n) is 19.2. The van der Waals surface area contributed by atoms with Crippen LogP contribution in [-0.2, 0) is 25.5 Å². The number of ether oxygens (including phenoxy) is 2. The van der Waals surface area contributed by atoms with Gasteiger partial charge in [-0.25, -0.2) is 24.5 Å². The Bertz CT molecular complexity index is 2210. The van der Waals surface area contributed by atoms with Crippen LogP contribution in [0.15, 0.2) is 71.8 Å². The summed E-state index contributed by atoms with van der Waals surface area (Å²) in [5.41, 5.74) is 7.95. The predicted octanol–water partition coefficient (Wildman–Crippen LogP) is 5.90. The Balaban J connectivity index is 1.00. The summed E-state index contributed by atoms with van der Waals surface area (Å²) in [6.45, 7) is 2.78. The van der Waals surface area contributed by atoms with Crippen LogP contribution >= 0.6 is 11.3 Å². The molecule has 0 aliphatic carbocycles. The summed E-state index contributed by atoms with van der Waals surface area (Å²) < 4.78 is 10.1. The van der Waals surface area contributed by atoms with Crippen LogP contribution in [0, 0.1) is 0 Å². The third-order valence-electron chi connectivity index (χ3n) is 11.1. The predicted molar refractivity (Wildman–Crippen MR) is 216 cm³/mol. The standard InChI is InChI=1S/C41H47N9O7S/c1-24(56-3)35(47-40(53)57-4)39(52)50-18-6-8-33(50)37-43-21-31(46-37)28-15-11-26(12-16-28)25-9-13-27(14-10-25)30-20-42-36(45-30)32-7-5-17-49(32)38(51)34(48(2)41(54)55)19-29-22-58-23-44-29/h9-16,20-24,32-35H,5-8,17-19H2,1-4H3,(H,42,45)(H,43,46)(H,47,53)(H,54,55)/t24-,32+,33+,34+,35+/m1/s1. The first-order chi connectivity index (χ1) is 28.1. The number of nitrogens with zero attached hydrogens (tertiary/aromatic N) is 6. The number of nitrogens with one attached hydrogen (secondary N) is 3. The van der Waals surface area contributed by atoms with Crippen molar-refractivity contribution < 1.29 is 33.8 Å². The molecule has 0 radical (unpaired) electrons. The number of methoxy groups -OCH3 is 2. The van der Waals surface area contributed by atoms with Gasteiger partial charge < -0.3 is 39.7 Å². The number of carbonyl (C=O) groups is 4. The van der Waals surface area contributed by atoms with Crippen molar-refractivity contribution in [2.24, 2.45) is 0 Å². The molecule has 4 amide bonds. The van der Waals surface area contributed by atoms with Gasteiger partial charge in [0.2, 0.25) is 11.8 Å². The number of aromatic amines is 2. The van der Waals surface area contributed by atoms with Gasteiger partial charge >= 0.3 is 12.2 Å². The molecule has 2 saturated heterocycles. The van der Waals surface area contributed by atoms with Crippen molar-refractivity contribution in [3.8, 4) is 33.6 Å². The Labute approximate surface area is 339 Å². The summed E-state index contributed by atoms with van der Waals surface area (Å²) in [5, 5.41) is 14.2. The molecule has 58 heavy (non-hydrogen) atoms. The van der Waals surface area contributed by atoms with Gasteiger partial charge in [0.1, 0.15) is 23.7 Å². The van der Waals surface area contributed by atoms with E-state index in [1.807, 2.05) is 41.8 Å². The number of benzene rings is 2. The van der Waals surface area contributed by atoms with Crippen LogP contribution in [0.25, 0.3) is 33.6 Å². The van der Waals surface area contributed by atoms with Gasteiger partial charge in [-0.15, -0.1) is 11.3 Å². The van der Waals surface area contributed by atoms with Crippen molar-refractivity contribution in [3.63, 3.8) is 0 Å². The molecule has 3 aromatic heterocycles. The van der Waals surface area contributed by atoms with Gasteiger partial charge in [-0.1, -0.05) is 48.5 Å². The molecule has 304 valence electrons. The molecule has 17 heteroatoms. The highest BCUT2D eigenvalue weighted by Crippen LogP contribution is 2.35. The van der Waals surface area contributed by atoms with Crippen molar-refractivity contribution >= 4 is 35.3 Å². The minimum Gasteiger partial charge on any atom is -0.465 e. The molecule has 4 N–H and O–H groups in total. The molecule has 0 spiro atoms. The lowest BCUT2D eigenvalue weighted by molar-refractivity contribution is -0.138. The molecule has 5 heterocycles. The van der Waals surface area contributed by atoms with Crippen LogP contribution < -0.4 is 5.32 Å². The summed E-state index contributed by atoms with van der Waals surface area (Å²) >= 11 is 1.41. The molecule has 2 aliphatic heterocycles. The van der Waals surface area contributed by atoms with Gasteiger partial charge in [-0.05, 0) is 54.9 Å². The van der Waals surface area contributed by atoms with Gasteiger partial charge in [-0.2, -0.15) is 0 Å². The van der Waals surface area contributed by atoms with Crippen LogP contribution in [0.3, 0.4) is 0 Å². The highest BCUT2D eigenvalue weighted by Gasteiger charge is 2.40. The average Bonchev–Trinajstić information content (AvgIpc) is 4.10. The molecule has 16 nitrogen and oxygen atoms in total. The molecule has 2 fully saturated rings. The van der Waals surface area contributed by atoms with E-state index in [9.17, 15) is 24.3 Å². The molecular formula is C41H47N9O7S. The Morgan fingerprint density at radius 2 is 1.36 bits per heavy atom. The Kier molecular flexibility index (Phi) is 12.2. The quantitative estimate of drug-likeness (QED) is 0.111. The maximum Gasteiger partial charge on any atom is 0.407 e. The summed E-state index contributed by atoms with van der Waals surface area (Å²) in [7, 11) is 4.17. The van der Waals surface area contributed by atoms with E-state index in [1.165, 1.54) is 32.6 Å². The summed E-state index contributed by atoms with van der Waals surface area (Å²) in [5.74, 6) is 0.834. The molecule has 2 aromatic carbocycles. The second kappa shape index (κ2) is 17.6. The molecule has 7 rings (SSSR count). The van der Waals surface area contributed by atoms with Crippen molar-refractivity contribution in [2.45, 2.75) is 69.3 Å². The monoisotopic (exact) mass is 809 g/mol. The summed E-state index contributed by atoms with van der Waals surface area (Å²) in [6, 6.07) is 13.9. The number of amides is 4. The van der Waals surface area contributed by atoms with Crippen molar-refractivity contribution in [2.75, 3.05) is 34.4 Å². The lowest BCUT2D eigenvalue weighted by Gasteiger charge is -2.31. The molecule has 2 aliphatic rings. The second-order valence-corrected chi connectivity index (χ2v) is 15.3. The van der Waals surface area contributed by atoms with Crippen LogP contribution in [0.2, 0.25) is 0 Å². The summed E-state index contributed by atoms with van der Waals surface area (Å²) in [4.78, 5) is 76.4. The zero-order valence-corrected chi connectivity index (χ0v) is 33.6. The highest BCUT2D eigenvalue weighted by atomic mass is 32.1. The van der Waals surface area contributed by atoms with Crippen LogP contribution in [0.5, 0.6) is 0 Å². The van der Waals surface area contributed by atoms with Gasteiger partial charge in [0, 0.05) is 39.0 Å². The fourth-order valence-corrected chi connectivity index (χ4v) is 8.32. The number of carboxylic acid groups (broad SMARTS) is 1. The number of hydrogen-bond acceptors (Lipinski definition) is 10. The smallest absolute Gasteiger partial charge is 0.407 e. The number of likely N-dealkylation sites (tertiary alicyclic amines) is 2. The van der Waals surface area contributed by atoms with E-state index in [1.54, 1.807) is 34.6 Å². The van der Waals surface area contributed by atoms with Gasteiger partial charge in [0.05, 0.1) is 60.3 Å². The topological polar surface area (TPSA) is 199 Å². The zero-order chi connectivity index (χ0) is 40.9.